The van der Waals surface area contributed by atoms with Gasteiger partial charge in [0.05, 0.1) is 7.11 Å². The van der Waals surface area contributed by atoms with E-state index in [0.717, 1.165) is 30.6 Å². The second kappa shape index (κ2) is 8.62. The fraction of sp³-hybridized carbons (Fsp3) is 0.526. The molecule has 0 amide bonds. The number of ether oxygens (including phenoxy) is 2. The zero-order valence-electron chi connectivity index (χ0n) is 14.4. The van der Waals surface area contributed by atoms with Crippen molar-refractivity contribution in [3.63, 3.8) is 0 Å². The lowest BCUT2D eigenvalue weighted by Crippen LogP contribution is -2.27. The van der Waals surface area contributed by atoms with Gasteiger partial charge in [-0.2, -0.15) is 0 Å². The zero-order chi connectivity index (χ0) is 16.6. The Hall–Kier alpha value is -1.77. The fourth-order valence-corrected chi connectivity index (χ4v) is 2.17. The van der Waals surface area contributed by atoms with Crippen LogP contribution in [-0.4, -0.2) is 18.7 Å². The molecule has 3 heteroatoms. The predicted molar refractivity (Wildman–Crippen MR) is 90.9 cm³/mol. The van der Waals surface area contributed by atoms with E-state index >= 15 is 0 Å². The van der Waals surface area contributed by atoms with E-state index < -0.39 is 5.60 Å². The molecule has 0 aliphatic heterocycles. The van der Waals surface area contributed by atoms with E-state index in [-0.39, 0.29) is 5.97 Å². The van der Waals surface area contributed by atoms with Crippen LogP contribution in [0, 0.1) is 5.92 Å². The number of esters is 1. The van der Waals surface area contributed by atoms with E-state index in [1.807, 2.05) is 38.1 Å². The van der Waals surface area contributed by atoms with Crippen LogP contribution in [0.5, 0.6) is 5.75 Å². The summed E-state index contributed by atoms with van der Waals surface area (Å²) in [5.74, 6) is 1.18. The van der Waals surface area contributed by atoms with Gasteiger partial charge in [-0.1, -0.05) is 32.4 Å². The molecule has 0 atom stereocenters. The van der Waals surface area contributed by atoms with Crippen LogP contribution in [0.1, 0.15) is 52.5 Å². The van der Waals surface area contributed by atoms with Crippen molar-refractivity contribution in [2.24, 2.45) is 5.92 Å². The van der Waals surface area contributed by atoms with E-state index in [1.54, 1.807) is 13.2 Å². The molecule has 0 aliphatic carbocycles. The molecule has 0 unspecified atom stereocenters. The average Bonchev–Trinajstić information content (AvgIpc) is 2.44. The summed E-state index contributed by atoms with van der Waals surface area (Å²) in [6.45, 7) is 8.34. The van der Waals surface area contributed by atoms with E-state index in [2.05, 4.69) is 13.8 Å². The van der Waals surface area contributed by atoms with Gasteiger partial charge in [0, 0.05) is 6.08 Å². The van der Waals surface area contributed by atoms with Gasteiger partial charge in [-0.05, 0) is 56.4 Å². The molecule has 0 spiro atoms. The standard InChI is InChI=1S/C19H28O3/c1-15(2)7-6-14-19(3,4)22-18(20)13-10-16-8-11-17(21-5)12-9-16/h8-13,15H,6-7,14H2,1-5H3/b13-10+. The Morgan fingerprint density at radius 2 is 1.86 bits per heavy atom. The quantitative estimate of drug-likeness (QED) is 0.508. The molecule has 1 aromatic carbocycles. The minimum atomic E-state index is -0.420. The van der Waals surface area contributed by atoms with E-state index in [9.17, 15) is 4.79 Å². The number of carbonyl (C=O) groups excluding carboxylic acids is 1. The lowest BCUT2D eigenvalue weighted by Gasteiger charge is -2.24. The number of rotatable bonds is 8. The largest absolute Gasteiger partial charge is 0.497 e. The van der Waals surface area contributed by atoms with Gasteiger partial charge in [-0.15, -0.1) is 0 Å². The molecule has 1 rings (SSSR count). The Labute approximate surface area is 134 Å². The number of hydrogen-bond donors (Lipinski definition) is 0. The highest BCUT2D eigenvalue weighted by atomic mass is 16.6. The molecule has 0 aromatic heterocycles. The normalized spacial score (nSPS) is 11.9. The Bertz CT molecular complexity index is 484. The van der Waals surface area contributed by atoms with Gasteiger partial charge in [-0.3, -0.25) is 0 Å². The molecule has 1 aromatic rings. The topological polar surface area (TPSA) is 35.5 Å². The molecular weight excluding hydrogens is 276 g/mol. The Morgan fingerprint density at radius 1 is 1.23 bits per heavy atom. The highest BCUT2D eigenvalue weighted by Gasteiger charge is 2.21. The molecule has 0 radical (unpaired) electrons. The van der Waals surface area contributed by atoms with Gasteiger partial charge in [0.25, 0.3) is 0 Å². The lowest BCUT2D eigenvalue weighted by atomic mass is 9.97. The highest BCUT2D eigenvalue weighted by Crippen LogP contribution is 2.20. The third kappa shape index (κ3) is 7.30. The first-order valence-electron chi connectivity index (χ1n) is 7.87. The van der Waals surface area contributed by atoms with Crippen LogP contribution in [-0.2, 0) is 9.53 Å². The van der Waals surface area contributed by atoms with Gasteiger partial charge in [-0.25, -0.2) is 4.79 Å². The van der Waals surface area contributed by atoms with E-state index in [0.29, 0.717) is 5.92 Å². The van der Waals surface area contributed by atoms with Crippen LogP contribution >= 0.6 is 0 Å². The summed E-state index contributed by atoms with van der Waals surface area (Å²) in [5, 5.41) is 0. The molecule has 22 heavy (non-hydrogen) atoms. The second-order valence-corrected chi connectivity index (χ2v) is 6.57. The van der Waals surface area contributed by atoms with Crippen molar-refractivity contribution >= 4 is 12.0 Å². The van der Waals surface area contributed by atoms with Crippen LogP contribution in [0.2, 0.25) is 0 Å². The van der Waals surface area contributed by atoms with Crippen LogP contribution in [0.15, 0.2) is 30.3 Å². The van der Waals surface area contributed by atoms with Crippen molar-refractivity contribution in [1.29, 1.82) is 0 Å². The summed E-state index contributed by atoms with van der Waals surface area (Å²) < 4.78 is 10.6. The smallest absolute Gasteiger partial charge is 0.331 e. The molecule has 0 heterocycles. The second-order valence-electron chi connectivity index (χ2n) is 6.57. The first-order valence-corrected chi connectivity index (χ1v) is 7.87. The maximum atomic E-state index is 11.9. The number of benzene rings is 1. The number of carbonyl (C=O) groups is 1. The Balaban J connectivity index is 2.47. The van der Waals surface area contributed by atoms with E-state index in [1.165, 1.54) is 6.08 Å². The first-order chi connectivity index (χ1) is 10.3. The summed E-state index contributed by atoms with van der Waals surface area (Å²) in [7, 11) is 1.63. The Morgan fingerprint density at radius 3 is 2.41 bits per heavy atom. The zero-order valence-corrected chi connectivity index (χ0v) is 14.4. The first kappa shape index (κ1) is 18.3. The molecule has 0 saturated carbocycles. The van der Waals surface area contributed by atoms with Crippen molar-refractivity contribution in [2.75, 3.05) is 7.11 Å². The molecule has 3 nitrogen and oxygen atoms in total. The van der Waals surface area contributed by atoms with Crippen LogP contribution in [0.25, 0.3) is 6.08 Å². The molecule has 0 saturated heterocycles. The summed E-state index contributed by atoms with van der Waals surface area (Å²) in [6.07, 6.45) is 6.34. The van der Waals surface area contributed by atoms with Gasteiger partial charge in [0.2, 0.25) is 0 Å². The van der Waals surface area contributed by atoms with Gasteiger partial charge in [0.15, 0.2) is 0 Å². The molecular formula is C19H28O3. The maximum absolute atomic E-state index is 11.9. The molecule has 0 fully saturated rings. The van der Waals surface area contributed by atoms with Gasteiger partial charge in [0.1, 0.15) is 11.4 Å². The lowest BCUT2D eigenvalue weighted by molar-refractivity contribution is -0.150. The summed E-state index contributed by atoms with van der Waals surface area (Å²) in [4.78, 5) is 11.9. The van der Waals surface area contributed by atoms with Gasteiger partial charge < -0.3 is 9.47 Å². The number of methoxy groups -OCH3 is 1. The van der Waals surface area contributed by atoms with Crippen molar-refractivity contribution in [2.45, 2.75) is 52.6 Å². The average molecular weight is 304 g/mol. The minimum absolute atomic E-state index is 0.301. The van der Waals surface area contributed by atoms with Crippen LogP contribution in [0.4, 0.5) is 0 Å². The van der Waals surface area contributed by atoms with Crippen LogP contribution in [0.3, 0.4) is 0 Å². The Kier molecular flexibility index (Phi) is 7.16. The number of hydrogen-bond acceptors (Lipinski definition) is 3. The minimum Gasteiger partial charge on any atom is -0.497 e. The summed E-state index contributed by atoms with van der Waals surface area (Å²) in [6, 6.07) is 7.52. The molecule has 122 valence electrons. The predicted octanol–water partition coefficient (Wildman–Crippen LogP) is 4.86. The summed E-state index contributed by atoms with van der Waals surface area (Å²) in [5.41, 5.74) is 0.520. The highest BCUT2D eigenvalue weighted by molar-refractivity contribution is 5.87. The molecule has 0 N–H and O–H groups in total. The molecule has 0 bridgehead atoms. The van der Waals surface area contributed by atoms with Gasteiger partial charge >= 0.3 is 5.97 Å². The maximum Gasteiger partial charge on any atom is 0.331 e. The fourth-order valence-electron chi connectivity index (χ4n) is 2.17. The third-order valence-corrected chi connectivity index (χ3v) is 3.46. The monoisotopic (exact) mass is 304 g/mol. The van der Waals surface area contributed by atoms with Crippen molar-refractivity contribution < 1.29 is 14.3 Å². The van der Waals surface area contributed by atoms with Crippen molar-refractivity contribution in [3.05, 3.63) is 35.9 Å². The van der Waals surface area contributed by atoms with Crippen LogP contribution < -0.4 is 4.74 Å². The summed E-state index contributed by atoms with van der Waals surface area (Å²) >= 11 is 0. The van der Waals surface area contributed by atoms with Crippen molar-refractivity contribution in [1.82, 2.24) is 0 Å². The van der Waals surface area contributed by atoms with Crippen molar-refractivity contribution in [3.8, 4) is 5.75 Å². The molecule has 0 aliphatic rings. The third-order valence-electron chi connectivity index (χ3n) is 3.46. The van der Waals surface area contributed by atoms with E-state index in [4.69, 9.17) is 9.47 Å². The SMILES string of the molecule is COc1ccc(/C=C/C(=O)OC(C)(C)CCCC(C)C)cc1.